The number of rotatable bonds is 0. The summed E-state index contributed by atoms with van der Waals surface area (Å²) in [4.78, 5) is 24.4. The molecule has 1 fully saturated rings. The average Bonchev–Trinajstić information content (AvgIpc) is 2.29. The van der Waals surface area contributed by atoms with Crippen LogP contribution in [0.1, 0.15) is 13.3 Å². The van der Waals surface area contributed by atoms with Crippen molar-refractivity contribution in [1.82, 2.24) is 4.90 Å². The fourth-order valence-corrected chi connectivity index (χ4v) is 1.94. The average molecular weight is 177 g/mol. The molecule has 13 heavy (non-hydrogen) atoms. The van der Waals surface area contributed by atoms with Gasteiger partial charge in [0.05, 0.1) is 5.41 Å². The molecule has 1 unspecified atom stereocenters. The normalized spacial score (nSPS) is 32.2. The first-order chi connectivity index (χ1) is 6.07. The summed E-state index contributed by atoms with van der Waals surface area (Å²) >= 11 is 0. The second-order valence-corrected chi connectivity index (χ2v) is 3.71. The molecule has 0 aromatic carbocycles. The SMILES string of the molecule is CN1C(=O)C(=O)C2(C)CC=CC=C12. The summed E-state index contributed by atoms with van der Waals surface area (Å²) in [6.45, 7) is 1.83. The van der Waals surface area contributed by atoms with E-state index in [2.05, 4.69) is 0 Å². The summed E-state index contributed by atoms with van der Waals surface area (Å²) in [5, 5.41) is 0. The van der Waals surface area contributed by atoms with Gasteiger partial charge in [-0.1, -0.05) is 12.2 Å². The van der Waals surface area contributed by atoms with E-state index in [-0.39, 0.29) is 5.78 Å². The van der Waals surface area contributed by atoms with Crippen LogP contribution in [0.2, 0.25) is 0 Å². The number of hydrogen-bond donors (Lipinski definition) is 0. The Morgan fingerprint density at radius 3 is 2.77 bits per heavy atom. The summed E-state index contributed by atoms with van der Waals surface area (Å²) in [6.07, 6.45) is 6.29. The second-order valence-electron chi connectivity index (χ2n) is 3.71. The summed E-state index contributed by atoms with van der Waals surface area (Å²) in [5.74, 6) is -0.678. The van der Waals surface area contributed by atoms with Crippen molar-refractivity contribution in [2.75, 3.05) is 7.05 Å². The van der Waals surface area contributed by atoms with Crippen molar-refractivity contribution in [1.29, 1.82) is 0 Å². The zero-order chi connectivity index (χ0) is 9.64. The van der Waals surface area contributed by atoms with Crippen LogP contribution >= 0.6 is 0 Å². The zero-order valence-corrected chi connectivity index (χ0v) is 7.70. The largest absolute Gasteiger partial charge is 0.312 e. The monoisotopic (exact) mass is 177 g/mol. The van der Waals surface area contributed by atoms with Gasteiger partial charge in [-0.25, -0.2) is 0 Å². The molecule has 3 nitrogen and oxygen atoms in total. The van der Waals surface area contributed by atoms with E-state index < -0.39 is 11.3 Å². The Labute approximate surface area is 76.7 Å². The molecular formula is C10H11NO2. The maximum Gasteiger partial charge on any atom is 0.294 e. The molecular weight excluding hydrogens is 166 g/mol. The molecule has 0 radical (unpaired) electrons. The van der Waals surface area contributed by atoms with Gasteiger partial charge in [0.1, 0.15) is 0 Å². The Morgan fingerprint density at radius 2 is 2.15 bits per heavy atom. The Kier molecular flexibility index (Phi) is 1.46. The van der Waals surface area contributed by atoms with Gasteiger partial charge in [0.2, 0.25) is 5.78 Å². The predicted octanol–water partition coefficient (Wildman–Crippen LogP) is 0.878. The minimum atomic E-state index is -0.597. The van der Waals surface area contributed by atoms with Crippen LogP contribution in [0.5, 0.6) is 0 Å². The van der Waals surface area contributed by atoms with Gasteiger partial charge in [-0.05, 0) is 19.4 Å². The van der Waals surface area contributed by atoms with Gasteiger partial charge in [0.25, 0.3) is 5.91 Å². The van der Waals surface area contributed by atoms with Gasteiger partial charge >= 0.3 is 0 Å². The highest BCUT2D eigenvalue weighted by Gasteiger charge is 2.50. The molecule has 0 spiro atoms. The van der Waals surface area contributed by atoms with E-state index in [1.54, 1.807) is 7.05 Å². The highest BCUT2D eigenvalue weighted by molar-refractivity contribution is 6.41. The van der Waals surface area contributed by atoms with Crippen molar-refractivity contribution in [3.63, 3.8) is 0 Å². The molecule has 2 aliphatic rings. The summed E-state index contributed by atoms with van der Waals surface area (Å²) < 4.78 is 0. The number of carbonyl (C=O) groups is 2. The highest BCUT2D eigenvalue weighted by atomic mass is 16.2. The van der Waals surface area contributed by atoms with E-state index in [1.165, 1.54) is 4.90 Å². The molecule has 1 amide bonds. The van der Waals surface area contributed by atoms with E-state index >= 15 is 0 Å². The van der Waals surface area contributed by atoms with E-state index in [0.717, 1.165) is 5.70 Å². The minimum Gasteiger partial charge on any atom is -0.312 e. The van der Waals surface area contributed by atoms with E-state index in [4.69, 9.17) is 0 Å². The molecule has 0 aromatic rings. The number of allylic oxidation sites excluding steroid dienone is 4. The van der Waals surface area contributed by atoms with Gasteiger partial charge in [-0.15, -0.1) is 0 Å². The van der Waals surface area contributed by atoms with Crippen LogP contribution < -0.4 is 0 Å². The number of carbonyl (C=O) groups excluding carboxylic acids is 2. The van der Waals surface area contributed by atoms with Crippen molar-refractivity contribution in [3.8, 4) is 0 Å². The molecule has 0 saturated carbocycles. The van der Waals surface area contributed by atoms with Crippen molar-refractivity contribution in [3.05, 3.63) is 23.9 Å². The van der Waals surface area contributed by atoms with Gasteiger partial charge in [-0.3, -0.25) is 9.59 Å². The van der Waals surface area contributed by atoms with Crippen LogP contribution in [-0.4, -0.2) is 23.6 Å². The second kappa shape index (κ2) is 2.31. The number of likely N-dealkylation sites (tertiary alicyclic amines) is 1. The number of hydrogen-bond acceptors (Lipinski definition) is 2. The highest BCUT2D eigenvalue weighted by Crippen LogP contribution is 2.42. The fourth-order valence-electron chi connectivity index (χ4n) is 1.94. The minimum absolute atomic E-state index is 0.286. The maximum absolute atomic E-state index is 11.6. The zero-order valence-electron chi connectivity index (χ0n) is 7.70. The molecule has 0 N–H and O–H groups in total. The van der Waals surface area contributed by atoms with Crippen LogP contribution in [0.3, 0.4) is 0 Å². The summed E-state index contributed by atoms with van der Waals surface area (Å²) in [7, 11) is 1.65. The van der Waals surface area contributed by atoms with Crippen molar-refractivity contribution >= 4 is 11.7 Å². The summed E-state index contributed by atoms with van der Waals surface area (Å²) in [5.41, 5.74) is 0.227. The topological polar surface area (TPSA) is 37.4 Å². The Bertz CT molecular complexity index is 354. The van der Waals surface area contributed by atoms with Crippen LogP contribution in [0.4, 0.5) is 0 Å². The van der Waals surface area contributed by atoms with Crippen LogP contribution in [-0.2, 0) is 9.59 Å². The van der Waals surface area contributed by atoms with E-state index in [1.807, 2.05) is 25.2 Å². The molecule has 1 heterocycles. The first kappa shape index (κ1) is 8.23. The van der Waals surface area contributed by atoms with Gasteiger partial charge in [0.15, 0.2) is 0 Å². The lowest BCUT2D eigenvalue weighted by Crippen LogP contribution is -2.26. The predicted molar refractivity (Wildman–Crippen MR) is 47.7 cm³/mol. The Morgan fingerprint density at radius 1 is 1.46 bits per heavy atom. The third-order valence-corrected chi connectivity index (χ3v) is 2.84. The lowest BCUT2D eigenvalue weighted by Gasteiger charge is -2.25. The molecule has 0 aromatic heterocycles. The molecule has 1 aliphatic heterocycles. The van der Waals surface area contributed by atoms with Gasteiger partial charge < -0.3 is 4.90 Å². The van der Waals surface area contributed by atoms with E-state index in [9.17, 15) is 9.59 Å². The van der Waals surface area contributed by atoms with Gasteiger partial charge in [-0.2, -0.15) is 0 Å². The first-order valence-electron chi connectivity index (χ1n) is 4.27. The third-order valence-electron chi connectivity index (χ3n) is 2.84. The molecule has 3 heteroatoms. The fraction of sp³-hybridized carbons (Fsp3) is 0.400. The quantitative estimate of drug-likeness (QED) is 0.515. The standard InChI is InChI=1S/C10H11NO2/c1-10-6-4-3-5-7(10)11(2)9(13)8(10)12/h3-5H,6H2,1-2H3. The molecule has 68 valence electrons. The Balaban J connectivity index is 2.56. The maximum atomic E-state index is 11.6. The molecule has 1 saturated heterocycles. The van der Waals surface area contributed by atoms with Crippen molar-refractivity contribution in [2.24, 2.45) is 5.41 Å². The van der Waals surface area contributed by atoms with Gasteiger partial charge in [0, 0.05) is 12.7 Å². The van der Waals surface area contributed by atoms with E-state index in [0.29, 0.717) is 6.42 Å². The van der Waals surface area contributed by atoms with Crippen molar-refractivity contribution < 1.29 is 9.59 Å². The lowest BCUT2D eigenvalue weighted by molar-refractivity contribution is -0.141. The molecule has 0 bridgehead atoms. The molecule has 1 aliphatic carbocycles. The number of Topliss-reactive ketones (excluding diaryl/α,β-unsaturated/α-hetero) is 1. The number of fused-ring (bicyclic) bond motifs is 1. The number of amides is 1. The summed E-state index contributed by atoms with van der Waals surface area (Å²) in [6, 6.07) is 0. The number of ketones is 1. The smallest absolute Gasteiger partial charge is 0.294 e. The first-order valence-corrected chi connectivity index (χ1v) is 4.27. The molecule has 1 atom stereocenters. The van der Waals surface area contributed by atoms with Crippen molar-refractivity contribution in [2.45, 2.75) is 13.3 Å². The lowest BCUT2D eigenvalue weighted by atomic mass is 9.79. The number of nitrogens with zero attached hydrogens (tertiary/aromatic N) is 1. The Hall–Kier alpha value is -1.38. The number of likely N-dealkylation sites (N-methyl/N-ethyl adjacent to an activating group) is 1. The van der Waals surface area contributed by atoms with Crippen LogP contribution in [0.25, 0.3) is 0 Å². The van der Waals surface area contributed by atoms with Crippen LogP contribution in [0, 0.1) is 5.41 Å². The van der Waals surface area contributed by atoms with Crippen LogP contribution in [0.15, 0.2) is 23.9 Å². The molecule has 2 rings (SSSR count). The third kappa shape index (κ3) is 0.842.